The molecule has 1 rings (SSSR count). The second-order valence-corrected chi connectivity index (χ2v) is 5.10. The lowest BCUT2D eigenvalue weighted by atomic mass is 9.82. The van der Waals surface area contributed by atoms with Crippen LogP contribution in [-0.4, -0.2) is 22.9 Å². The van der Waals surface area contributed by atoms with Crippen molar-refractivity contribution in [3.05, 3.63) is 0 Å². The molecule has 2 atom stereocenters. The van der Waals surface area contributed by atoms with Crippen LogP contribution < -0.4 is 0 Å². The summed E-state index contributed by atoms with van der Waals surface area (Å²) in [5.41, 5.74) is -0.800. The molecule has 0 saturated carbocycles. The molecular formula is C14H24N2O. The molecule has 0 N–H and O–H groups in total. The molecule has 1 saturated heterocycles. The average Bonchev–Trinajstić information content (AvgIpc) is 2.73. The van der Waals surface area contributed by atoms with Crippen LogP contribution in [0.3, 0.4) is 0 Å². The number of carbonyl (C=O) groups excluding carboxylic acids is 1. The van der Waals surface area contributed by atoms with Gasteiger partial charge in [0.2, 0.25) is 5.91 Å². The number of nitriles is 1. The van der Waals surface area contributed by atoms with E-state index in [0.717, 1.165) is 19.3 Å². The van der Waals surface area contributed by atoms with E-state index in [1.165, 1.54) is 0 Å². The molecule has 0 aromatic rings. The zero-order valence-electron chi connectivity index (χ0n) is 11.5. The van der Waals surface area contributed by atoms with Gasteiger partial charge in [0.05, 0.1) is 6.07 Å². The summed E-state index contributed by atoms with van der Waals surface area (Å²) in [6, 6.07) is 2.89. The van der Waals surface area contributed by atoms with Gasteiger partial charge in [-0.1, -0.05) is 20.8 Å². The van der Waals surface area contributed by atoms with E-state index in [9.17, 15) is 10.1 Å². The van der Waals surface area contributed by atoms with Crippen molar-refractivity contribution in [3.63, 3.8) is 0 Å². The predicted octanol–water partition coefficient (Wildman–Crippen LogP) is 3.11. The Morgan fingerprint density at radius 1 is 1.35 bits per heavy atom. The molecule has 1 amide bonds. The summed E-state index contributed by atoms with van der Waals surface area (Å²) in [5.74, 6) is 0.0573. The van der Waals surface area contributed by atoms with Crippen LogP contribution in [0.25, 0.3) is 0 Å². The van der Waals surface area contributed by atoms with Gasteiger partial charge in [-0.3, -0.25) is 4.79 Å². The second kappa shape index (κ2) is 5.53. The van der Waals surface area contributed by atoms with E-state index in [2.05, 4.69) is 19.9 Å². The molecule has 0 bridgehead atoms. The number of hydrogen-bond donors (Lipinski definition) is 0. The van der Waals surface area contributed by atoms with Crippen LogP contribution >= 0.6 is 0 Å². The molecule has 1 heterocycles. The maximum atomic E-state index is 12.6. The molecule has 0 radical (unpaired) electrons. The molecular weight excluding hydrogens is 212 g/mol. The Labute approximate surface area is 105 Å². The lowest BCUT2D eigenvalue weighted by Gasteiger charge is -2.35. The molecule has 96 valence electrons. The minimum Gasteiger partial charge on any atom is -0.336 e. The van der Waals surface area contributed by atoms with Crippen LogP contribution in [0.4, 0.5) is 0 Å². The van der Waals surface area contributed by atoms with Crippen LogP contribution in [0, 0.1) is 16.7 Å². The molecule has 0 spiro atoms. The van der Waals surface area contributed by atoms with Crippen molar-refractivity contribution in [2.75, 3.05) is 0 Å². The molecule has 0 aliphatic carbocycles. The molecule has 0 aromatic heterocycles. The van der Waals surface area contributed by atoms with Crippen LogP contribution in [0.2, 0.25) is 0 Å². The van der Waals surface area contributed by atoms with Gasteiger partial charge in [-0.15, -0.1) is 0 Å². The van der Waals surface area contributed by atoms with Gasteiger partial charge in [0.1, 0.15) is 5.41 Å². The number of hydrogen-bond acceptors (Lipinski definition) is 2. The lowest BCUT2D eigenvalue weighted by Crippen LogP contribution is -2.48. The fourth-order valence-electron chi connectivity index (χ4n) is 2.84. The van der Waals surface area contributed by atoms with Crippen molar-refractivity contribution >= 4 is 5.91 Å². The van der Waals surface area contributed by atoms with Gasteiger partial charge in [-0.25, -0.2) is 0 Å². The number of carbonyl (C=O) groups is 1. The van der Waals surface area contributed by atoms with Crippen LogP contribution in [0.1, 0.15) is 59.8 Å². The number of nitrogens with zero attached hydrogens (tertiary/aromatic N) is 2. The minimum atomic E-state index is -0.800. The summed E-state index contributed by atoms with van der Waals surface area (Å²) in [7, 11) is 0. The fraction of sp³-hybridized carbons (Fsp3) is 0.857. The lowest BCUT2D eigenvalue weighted by molar-refractivity contribution is -0.142. The minimum absolute atomic E-state index is 0.0573. The van der Waals surface area contributed by atoms with E-state index in [1.807, 2.05) is 18.7 Å². The maximum absolute atomic E-state index is 12.6. The first-order valence-electron chi connectivity index (χ1n) is 6.80. The molecule has 17 heavy (non-hydrogen) atoms. The smallest absolute Gasteiger partial charge is 0.243 e. The molecule has 2 unspecified atom stereocenters. The first-order chi connectivity index (χ1) is 8.06. The summed E-state index contributed by atoms with van der Waals surface area (Å²) < 4.78 is 0. The Bertz CT molecular complexity index is 315. The molecule has 1 fully saturated rings. The van der Waals surface area contributed by atoms with Crippen LogP contribution in [-0.2, 0) is 4.79 Å². The SMILES string of the molecule is CCC1CCC(C)N1C(=O)C(C#N)(CC)CC. The number of amides is 1. The highest BCUT2D eigenvalue weighted by Gasteiger charge is 2.44. The Hall–Kier alpha value is -1.04. The Balaban J connectivity index is 2.98. The van der Waals surface area contributed by atoms with E-state index in [1.54, 1.807) is 0 Å². The summed E-state index contributed by atoms with van der Waals surface area (Å²) in [6.07, 6.45) is 4.36. The normalized spacial score (nSPS) is 24.8. The van der Waals surface area contributed by atoms with E-state index in [4.69, 9.17) is 0 Å². The van der Waals surface area contributed by atoms with E-state index in [0.29, 0.717) is 24.9 Å². The number of rotatable bonds is 4. The zero-order chi connectivity index (χ0) is 13.1. The fourth-order valence-corrected chi connectivity index (χ4v) is 2.84. The third-order valence-electron chi connectivity index (χ3n) is 4.32. The van der Waals surface area contributed by atoms with Crippen molar-refractivity contribution in [1.82, 2.24) is 4.90 Å². The molecule has 1 aliphatic heterocycles. The first kappa shape index (κ1) is 14.0. The van der Waals surface area contributed by atoms with Gasteiger partial charge in [0.25, 0.3) is 0 Å². The highest BCUT2D eigenvalue weighted by atomic mass is 16.2. The van der Waals surface area contributed by atoms with Gasteiger partial charge in [0, 0.05) is 12.1 Å². The predicted molar refractivity (Wildman–Crippen MR) is 68.2 cm³/mol. The monoisotopic (exact) mass is 236 g/mol. The van der Waals surface area contributed by atoms with Crippen molar-refractivity contribution in [1.29, 1.82) is 5.26 Å². The largest absolute Gasteiger partial charge is 0.336 e. The highest BCUT2D eigenvalue weighted by Crippen LogP contribution is 2.35. The van der Waals surface area contributed by atoms with Gasteiger partial charge in [-0.05, 0) is 39.0 Å². The van der Waals surface area contributed by atoms with E-state index >= 15 is 0 Å². The van der Waals surface area contributed by atoms with E-state index < -0.39 is 5.41 Å². The third kappa shape index (κ3) is 2.31. The van der Waals surface area contributed by atoms with E-state index in [-0.39, 0.29) is 5.91 Å². The van der Waals surface area contributed by atoms with Crippen molar-refractivity contribution in [3.8, 4) is 6.07 Å². The van der Waals surface area contributed by atoms with Crippen molar-refractivity contribution in [2.45, 2.75) is 71.9 Å². The molecule has 1 aliphatic rings. The highest BCUT2D eigenvalue weighted by molar-refractivity contribution is 5.86. The van der Waals surface area contributed by atoms with Crippen molar-refractivity contribution < 1.29 is 4.79 Å². The van der Waals surface area contributed by atoms with Crippen LogP contribution in [0.5, 0.6) is 0 Å². The Morgan fingerprint density at radius 3 is 2.35 bits per heavy atom. The standard InChI is InChI=1S/C14H24N2O/c1-5-12-9-8-11(4)16(12)13(17)14(6-2,7-3)10-15/h11-12H,5-9H2,1-4H3. The quantitative estimate of drug-likeness (QED) is 0.752. The van der Waals surface area contributed by atoms with Crippen LogP contribution in [0.15, 0.2) is 0 Å². The van der Waals surface area contributed by atoms with Gasteiger partial charge < -0.3 is 4.90 Å². The third-order valence-corrected chi connectivity index (χ3v) is 4.32. The first-order valence-corrected chi connectivity index (χ1v) is 6.80. The van der Waals surface area contributed by atoms with Gasteiger partial charge in [0.15, 0.2) is 0 Å². The summed E-state index contributed by atoms with van der Waals surface area (Å²) in [4.78, 5) is 14.6. The van der Waals surface area contributed by atoms with Crippen molar-refractivity contribution in [2.24, 2.45) is 5.41 Å². The molecule has 3 nitrogen and oxygen atoms in total. The second-order valence-electron chi connectivity index (χ2n) is 5.10. The van der Waals surface area contributed by atoms with Gasteiger partial charge >= 0.3 is 0 Å². The van der Waals surface area contributed by atoms with Gasteiger partial charge in [-0.2, -0.15) is 5.26 Å². The zero-order valence-corrected chi connectivity index (χ0v) is 11.5. The summed E-state index contributed by atoms with van der Waals surface area (Å²) in [5, 5.41) is 9.36. The molecule has 0 aromatic carbocycles. The average molecular weight is 236 g/mol. The Kier molecular flexibility index (Phi) is 4.56. The summed E-state index contributed by atoms with van der Waals surface area (Å²) in [6.45, 7) is 8.09. The number of likely N-dealkylation sites (tertiary alicyclic amines) is 1. The summed E-state index contributed by atoms with van der Waals surface area (Å²) >= 11 is 0. The molecule has 3 heteroatoms. The maximum Gasteiger partial charge on any atom is 0.243 e. The topological polar surface area (TPSA) is 44.1 Å². The Morgan fingerprint density at radius 2 is 1.94 bits per heavy atom.